The summed E-state index contributed by atoms with van der Waals surface area (Å²) in [6, 6.07) is 9.08. The van der Waals surface area contributed by atoms with E-state index in [2.05, 4.69) is 0 Å². The summed E-state index contributed by atoms with van der Waals surface area (Å²) < 4.78 is 19.4. The number of hydrogen-bond donors (Lipinski definition) is 1. The number of nitrogens with two attached hydrogens (primary N) is 1. The Labute approximate surface area is 177 Å². The van der Waals surface area contributed by atoms with Crippen LogP contribution in [0, 0.1) is 5.82 Å². The molecule has 2 aromatic rings. The highest BCUT2D eigenvalue weighted by molar-refractivity contribution is 6.31. The van der Waals surface area contributed by atoms with E-state index in [0.29, 0.717) is 48.3 Å². The lowest BCUT2D eigenvalue weighted by atomic mass is 10.2. The molecular formula is C20H20Cl2FN3O3. The van der Waals surface area contributed by atoms with Crippen molar-refractivity contribution < 1.29 is 18.7 Å². The van der Waals surface area contributed by atoms with E-state index >= 15 is 0 Å². The van der Waals surface area contributed by atoms with Crippen LogP contribution in [0.3, 0.4) is 0 Å². The number of piperazine rings is 1. The van der Waals surface area contributed by atoms with E-state index in [9.17, 15) is 14.0 Å². The number of rotatable bonds is 6. The van der Waals surface area contributed by atoms with Gasteiger partial charge in [0.1, 0.15) is 11.6 Å². The fourth-order valence-electron chi connectivity index (χ4n) is 3.11. The Balaban J connectivity index is 1.52. The van der Waals surface area contributed by atoms with E-state index in [0.717, 1.165) is 0 Å². The van der Waals surface area contributed by atoms with Gasteiger partial charge in [-0.1, -0.05) is 29.3 Å². The van der Waals surface area contributed by atoms with E-state index < -0.39 is 5.91 Å². The molecule has 0 atom stereocenters. The van der Waals surface area contributed by atoms with Crippen molar-refractivity contribution in [2.45, 2.75) is 6.54 Å². The largest absolute Gasteiger partial charge is 0.483 e. The highest BCUT2D eigenvalue weighted by atomic mass is 35.5. The topological polar surface area (TPSA) is 75.9 Å². The van der Waals surface area contributed by atoms with Gasteiger partial charge < -0.3 is 15.4 Å². The lowest BCUT2D eigenvalue weighted by Gasteiger charge is -2.34. The van der Waals surface area contributed by atoms with Crippen molar-refractivity contribution in [1.82, 2.24) is 9.80 Å². The van der Waals surface area contributed by atoms with Crippen LogP contribution in [-0.2, 0) is 11.3 Å². The summed E-state index contributed by atoms with van der Waals surface area (Å²) in [5, 5.41) is 0.744. The van der Waals surface area contributed by atoms with E-state index in [-0.39, 0.29) is 29.6 Å². The lowest BCUT2D eigenvalue weighted by molar-refractivity contribution is -0.135. The summed E-state index contributed by atoms with van der Waals surface area (Å²) in [5.74, 6) is -1.02. The van der Waals surface area contributed by atoms with Gasteiger partial charge in [0.05, 0.1) is 5.56 Å². The number of hydrogen-bond acceptors (Lipinski definition) is 4. The Morgan fingerprint density at radius 2 is 1.83 bits per heavy atom. The first-order valence-corrected chi connectivity index (χ1v) is 9.76. The third kappa shape index (κ3) is 5.38. The Morgan fingerprint density at radius 3 is 2.48 bits per heavy atom. The average molecular weight is 440 g/mol. The Kier molecular flexibility index (Phi) is 6.95. The van der Waals surface area contributed by atoms with Crippen LogP contribution in [-0.4, -0.2) is 54.4 Å². The fourth-order valence-corrected chi connectivity index (χ4v) is 3.51. The minimum Gasteiger partial charge on any atom is -0.483 e. The summed E-state index contributed by atoms with van der Waals surface area (Å²) in [5.41, 5.74) is 5.90. The molecular weight excluding hydrogens is 420 g/mol. The van der Waals surface area contributed by atoms with Gasteiger partial charge in [0, 0.05) is 48.3 Å². The molecule has 9 heteroatoms. The molecule has 2 amide bonds. The molecule has 1 saturated heterocycles. The number of ether oxygens (including phenoxy) is 1. The van der Waals surface area contributed by atoms with Gasteiger partial charge in [0.15, 0.2) is 6.61 Å². The Morgan fingerprint density at radius 1 is 1.10 bits per heavy atom. The molecule has 0 saturated carbocycles. The zero-order chi connectivity index (χ0) is 21.0. The molecule has 154 valence electrons. The SMILES string of the molecule is NC(=O)c1cc(Cl)ccc1OCC(=O)N1CCN(Cc2c(F)cccc2Cl)CC1. The lowest BCUT2D eigenvalue weighted by Crippen LogP contribution is -2.49. The smallest absolute Gasteiger partial charge is 0.260 e. The maximum atomic E-state index is 14.0. The van der Waals surface area contributed by atoms with Crippen LogP contribution in [0.4, 0.5) is 4.39 Å². The molecule has 0 spiro atoms. The molecule has 2 N–H and O–H groups in total. The average Bonchev–Trinajstić information content (AvgIpc) is 2.70. The van der Waals surface area contributed by atoms with Gasteiger partial charge >= 0.3 is 0 Å². The van der Waals surface area contributed by atoms with Gasteiger partial charge in [-0.2, -0.15) is 0 Å². The summed E-state index contributed by atoms with van der Waals surface area (Å²) >= 11 is 11.9. The second-order valence-corrected chi connectivity index (χ2v) is 7.49. The molecule has 29 heavy (non-hydrogen) atoms. The maximum Gasteiger partial charge on any atom is 0.260 e. The number of primary amides is 1. The number of halogens is 3. The maximum absolute atomic E-state index is 14.0. The molecule has 1 heterocycles. The van der Waals surface area contributed by atoms with E-state index in [4.69, 9.17) is 33.7 Å². The molecule has 0 unspecified atom stereocenters. The van der Waals surface area contributed by atoms with E-state index in [1.807, 2.05) is 4.90 Å². The first-order chi connectivity index (χ1) is 13.8. The van der Waals surface area contributed by atoms with Crippen LogP contribution in [0.5, 0.6) is 5.75 Å². The number of benzene rings is 2. The Bertz CT molecular complexity index is 898. The molecule has 6 nitrogen and oxygen atoms in total. The summed E-state index contributed by atoms with van der Waals surface area (Å²) in [6.45, 7) is 2.31. The van der Waals surface area contributed by atoms with E-state index in [1.54, 1.807) is 23.1 Å². The van der Waals surface area contributed by atoms with Crippen LogP contribution >= 0.6 is 23.2 Å². The van der Waals surface area contributed by atoms with Crippen LogP contribution in [0.25, 0.3) is 0 Å². The van der Waals surface area contributed by atoms with Crippen molar-refractivity contribution in [2.24, 2.45) is 5.73 Å². The highest BCUT2D eigenvalue weighted by Gasteiger charge is 2.23. The monoisotopic (exact) mass is 439 g/mol. The van der Waals surface area contributed by atoms with Gasteiger partial charge in [-0.25, -0.2) is 4.39 Å². The first-order valence-electron chi connectivity index (χ1n) is 9.00. The number of carbonyl (C=O) groups is 2. The zero-order valence-corrected chi connectivity index (χ0v) is 17.0. The minimum absolute atomic E-state index is 0.122. The Hall–Kier alpha value is -2.35. The van der Waals surface area contributed by atoms with Crippen molar-refractivity contribution in [1.29, 1.82) is 0 Å². The first kappa shape index (κ1) is 21.4. The minimum atomic E-state index is -0.685. The van der Waals surface area contributed by atoms with Crippen LogP contribution in [0.15, 0.2) is 36.4 Å². The molecule has 0 aliphatic carbocycles. The molecule has 1 fully saturated rings. The summed E-state index contributed by atoms with van der Waals surface area (Å²) in [7, 11) is 0. The second-order valence-electron chi connectivity index (χ2n) is 6.65. The van der Waals surface area contributed by atoms with Crippen LogP contribution in [0.2, 0.25) is 10.0 Å². The normalized spacial score (nSPS) is 14.7. The predicted molar refractivity (Wildman–Crippen MR) is 109 cm³/mol. The van der Waals surface area contributed by atoms with E-state index in [1.165, 1.54) is 18.2 Å². The second kappa shape index (κ2) is 9.43. The third-order valence-electron chi connectivity index (χ3n) is 4.73. The quantitative estimate of drug-likeness (QED) is 0.750. The summed E-state index contributed by atoms with van der Waals surface area (Å²) in [6.07, 6.45) is 0. The summed E-state index contributed by atoms with van der Waals surface area (Å²) in [4.78, 5) is 27.7. The zero-order valence-electron chi connectivity index (χ0n) is 15.5. The number of amides is 2. The van der Waals surface area contributed by atoms with Crippen LogP contribution < -0.4 is 10.5 Å². The molecule has 1 aliphatic heterocycles. The predicted octanol–water partition coefficient (Wildman–Crippen LogP) is 2.95. The van der Waals surface area contributed by atoms with Crippen molar-refractivity contribution in [3.63, 3.8) is 0 Å². The molecule has 3 rings (SSSR count). The van der Waals surface area contributed by atoms with Gasteiger partial charge in [-0.15, -0.1) is 0 Å². The van der Waals surface area contributed by atoms with Gasteiger partial charge in [-0.05, 0) is 30.3 Å². The molecule has 2 aromatic carbocycles. The van der Waals surface area contributed by atoms with Crippen molar-refractivity contribution >= 4 is 35.0 Å². The van der Waals surface area contributed by atoms with Gasteiger partial charge in [0.2, 0.25) is 0 Å². The molecule has 0 aromatic heterocycles. The van der Waals surface area contributed by atoms with Crippen LogP contribution in [0.1, 0.15) is 15.9 Å². The standard InChI is InChI=1S/C20H20Cl2FN3O3/c21-13-4-5-18(14(10-13)20(24)28)29-12-19(27)26-8-6-25(7-9-26)11-15-16(22)2-1-3-17(15)23/h1-5,10H,6-9,11-12H2,(H2,24,28). The third-order valence-corrected chi connectivity index (χ3v) is 5.32. The van der Waals surface area contributed by atoms with Crippen molar-refractivity contribution in [3.8, 4) is 5.75 Å². The number of carbonyl (C=O) groups excluding carboxylic acids is 2. The fraction of sp³-hybridized carbons (Fsp3) is 0.300. The molecule has 1 aliphatic rings. The molecule has 0 radical (unpaired) electrons. The number of nitrogens with zero attached hydrogens (tertiary/aromatic N) is 2. The molecule has 0 bridgehead atoms. The highest BCUT2D eigenvalue weighted by Crippen LogP contribution is 2.23. The van der Waals surface area contributed by atoms with Crippen molar-refractivity contribution in [2.75, 3.05) is 32.8 Å². The van der Waals surface area contributed by atoms with Gasteiger partial charge in [-0.3, -0.25) is 14.5 Å². The van der Waals surface area contributed by atoms with Crippen molar-refractivity contribution in [3.05, 3.63) is 63.4 Å². The van der Waals surface area contributed by atoms with Gasteiger partial charge in [0.25, 0.3) is 11.8 Å².